The van der Waals surface area contributed by atoms with E-state index in [-0.39, 0.29) is 12.1 Å². The first-order valence-corrected chi connectivity index (χ1v) is 9.32. The highest BCUT2D eigenvalue weighted by Crippen LogP contribution is 2.26. The molecule has 4 nitrogen and oxygen atoms in total. The van der Waals surface area contributed by atoms with E-state index in [0.29, 0.717) is 0 Å². The molecule has 0 aliphatic carbocycles. The molecule has 1 saturated heterocycles. The summed E-state index contributed by atoms with van der Waals surface area (Å²) in [5.74, 6) is 0. The minimum Gasteiger partial charge on any atom is -0.444 e. The number of carbonyl (C=O) groups is 1. The third-order valence-corrected chi connectivity index (χ3v) is 5.73. The Bertz CT molecular complexity index is 505. The van der Waals surface area contributed by atoms with Crippen LogP contribution in [0.15, 0.2) is 10.5 Å². The molecule has 0 spiro atoms. The molecule has 1 unspecified atom stereocenters. The largest absolute Gasteiger partial charge is 0.444 e. The zero-order valence-corrected chi connectivity index (χ0v) is 16.1. The van der Waals surface area contributed by atoms with Gasteiger partial charge in [0.05, 0.1) is 0 Å². The third-order valence-electron chi connectivity index (χ3n) is 3.59. The van der Waals surface area contributed by atoms with Crippen molar-refractivity contribution < 1.29 is 9.53 Å². The van der Waals surface area contributed by atoms with Crippen molar-refractivity contribution in [3.8, 4) is 0 Å². The van der Waals surface area contributed by atoms with Gasteiger partial charge in [0.2, 0.25) is 0 Å². The fourth-order valence-electron chi connectivity index (χ4n) is 2.58. The van der Waals surface area contributed by atoms with Gasteiger partial charge in [0.25, 0.3) is 0 Å². The van der Waals surface area contributed by atoms with Crippen LogP contribution in [0.2, 0.25) is 0 Å². The summed E-state index contributed by atoms with van der Waals surface area (Å²) in [7, 11) is 0. The average molecular weight is 389 g/mol. The minimum absolute atomic E-state index is 0.188. The number of thiophene rings is 1. The van der Waals surface area contributed by atoms with Crippen LogP contribution >= 0.6 is 27.3 Å². The lowest BCUT2D eigenvalue weighted by Crippen LogP contribution is -2.43. The summed E-state index contributed by atoms with van der Waals surface area (Å²) in [6.07, 6.45) is 1.90. The molecule has 1 amide bonds. The molecule has 2 rings (SSSR count). The van der Waals surface area contributed by atoms with Crippen molar-refractivity contribution in [1.29, 1.82) is 0 Å². The van der Waals surface area contributed by atoms with Crippen LogP contribution in [-0.4, -0.2) is 35.7 Å². The number of halogens is 1. The molecule has 1 atom stereocenters. The maximum absolute atomic E-state index is 12.2. The fraction of sp³-hybridized carbons (Fsp3) is 0.688. The van der Waals surface area contributed by atoms with Gasteiger partial charge in [0, 0.05) is 39.9 Å². The van der Waals surface area contributed by atoms with Gasteiger partial charge in [0.15, 0.2) is 0 Å². The first-order chi connectivity index (χ1) is 10.3. The summed E-state index contributed by atoms with van der Waals surface area (Å²) >= 11 is 5.34. The van der Waals surface area contributed by atoms with Crippen molar-refractivity contribution >= 4 is 33.4 Å². The van der Waals surface area contributed by atoms with E-state index < -0.39 is 5.60 Å². The predicted octanol–water partition coefficient (Wildman–Crippen LogP) is 4.31. The highest BCUT2D eigenvalue weighted by molar-refractivity contribution is 9.10. The second kappa shape index (κ2) is 7.32. The first kappa shape index (κ1) is 17.8. The molecule has 1 aromatic heterocycles. The lowest BCUT2D eigenvalue weighted by Gasteiger charge is -2.28. The SMILES string of the molecule is Cc1sc(CNCC2CCCN2C(=O)OC(C)(C)C)cc1Br. The lowest BCUT2D eigenvalue weighted by atomic mass is 10.2. The maximum atomic E-state index is 12.2. The highest BCUT2D eigenvalue weighted by atomic mass is 79.9. The van der Waals surface area contributed by atoms with E-state index in [1.54, 1.807) is 11.3 Å². The Morgan fingerprint density at radius 2 is 2.27 bits per heavy atom. The van der Waals surface area contributed by atoms with E-state index in [2.05, 4.69) is 34.2 Å². The van der Waals surface area contributed by atoms with Crippen LogP contribution in [0.1, 0.15) is 43.4 Å². The van der Waals surface area contributed by atoms with Gasteiger partial charge in [0.1, 0.15) is 5.60 Å². The maximum Gasteiger partial charge on any atom is 0.410 e. The van der Waals surface area contributed by atoms with E-state index in [0.717, 1.165) is 32.5 Å². The van der Waals surface area contributed by atoms with Crippen LogP contribution in [0, 0.1) is 6.92 Å². The molecule has 1 N–H and O–H groups in total. The van der Waals surface area contributed by atoms with Crippen LogP contribution < -0.4 is 5.32 Å². The van der Waals surface area contributed by atoms with Crippen LogP contribution in [-0.2, 0) is 11.3 Å². The zero-order chi connectivity index (χ0) is 16.3. The second-order valence-corrected chi connectivity index (χ2v) is 8.91. The van der Waals surface area contributed by atoms with Crippen molar-refractivity contribution in [1.82, 2.24) is 10.2 Å². The summed E-state index contributed by atoms with van der Waals surface area (Å²) in [6.45, 7) is 10.3. The van der Waals surface area contributed by atoms with Gasteiger partial charge >= 0.3 is 6.09 Å². The number of likely N-dealkylation sites (tertiary alicyclic amines) is 1. The second-order valence-electron chi connectivity index (χ2n) is 6.72. The van der Waals surface area contributed by atoms with E-state index >= 15 is 0 Å². The number of rotatable bonds is 4. The number of carbonyl (C=O) groups excluding carboxylic acids is 1. The van der Waals surface area contributed by atoms with Gasteiger partial charge in [-0.3, -0.25) is 0 Å². The Morgan fingerprint density at radius 1 is 1.55 bits per heavy atom. The Kier molecular flexibility index (Phi) is 5.91. The van der Waals surface area contributed by atoms with E-state index in [4.69, 9.17) is 4.74 Å². The summed E-state index contributed by atoms with van der Waals surface area (Å²) in [4.78, 5) is 16.7. The summed E-state index contributed by atoms with van der Waals surface area (Å²) in [6, 6.07) is 2.40. The van der Waals surface area contributed by atoms with Crippen LogP contribution in [0.25, 0.3) is 0 Å². The number of amides is 1. The summed E-state index contributed by atoms with van der Waals surface area (Å²) < 4.78 is 6.66. The summed E-state index contributed by atoms with van der Waals surface area (Å²) in [5.41, 5.74) is -0.432. The normalized spacial score (nSPS) is 18.8. The molecule has 0 radical (unpaired) electrons. The molecule has 124 valence electrons. The Hall–Kier alpha value is -0.590. The number of ether oxygens (including phenoxy) is 1. The van der Waals surface area contributed by atoms with Gasteiger partial charge in [-0.15, -0.1) is 11.3 Å². The van der Waals surface area contributed by atoms with Crippen molar-refractivity contribution in [2.45, 2.75) is 58.7 Å². The minimum atomic E-state index is -0.432. The quantitative estimate of drug-likeness (QED) is 0.835. The fourth-order valence-corrected chi connectivity index (χ4v) is 4.15. The van der Waals surface area contributed by atoms with E-state index in [1.165, 1.54) is 14.2 Å². The molecular formula is C16H25BrN2O2S. The molecule has 6 heteroatoms. The number of nitrogens with zero attached hydrogens (tertiary/aromatic N) is 1. The predicted molar refractivity (Wildman–Crippen MR) is 94.4 cm³/mol. The van der Waals surface area contributed by atoms with Gasteiger partial charge in [-0.2, -0.15) is 0 Å². The molecule has 1 aliphatic rings. The number of hydrogen-bond donors (Lipinski definition) is 1. The van der Waals surface area contributed by atoms with Crippen molar-refractivity contribution in [3.05, 3.63) is 20.3 Å². The van der Waals surface area contributed by atoms with Gasteiger partial charge in [-0.05, 0) is 62.5 Å². The molecule has 1 aliphatic heterocycles. The Labute approximate surface area is 145 Å². The topological polar surface area (TPSA) is 41.6 Å². The molecule has 0 saturated carbocycles. The molecule has 0 bridgehead atoms. The lowest BCUT2D eigenvalue weighted by molar-refractivity contribution is 0.0226. The number of hydrogen-bond acceptors (Lipinski definition) is 4. The molecule has 1 fully saturated rings. The van der Waals surface area contributed by atoms with Gasteiger partial charge in [-0.25, -0.2) is 4.79 Å². The zero-order valence-electron chi connectivity index (χ0n) is 13.7. The van der Waals surface area contributed by atoms with E-state index in [9.17, 15) is 4.79 Å². The molecule has 0 aromatic carbocycles. The first-order valence-electron chi connectivity index (χ1n) is 7.71. The van der Waals surface area contributed by atoms with Gasteiger partial charge < -0.3 is 15.0 Å². The summed E-state index contributed by atoms with van der Waals surface area (Å²) in [5, 5.41) is 3.47. The van der Waals surface area contributed by atoms with Crippen molar-refractivity contribution in [2.24, 2.45) is 0 Å². The highest BCUT2D eigenvalue weighted by Gasteiger charge is 2.31. The Morgan fingerprint density at radius 3 is 2.86 bits per heavy atom. The third kappa shape index (κ3) is 4.96. The average Bonchev–Trinajstić information content (AvgIpc) is 2.95. The molecular weight excluding hydrogens is 364 g/mol. The van der Waals surface area contributed by atoms with Crippen LogP contribution in [0.3, 0.4) is 0 Å². The molecule has 1 aromatic rings. The standard InChI is InChI=1S/C16H25BrN2O2S/c1-11-14(17)8-13(22-11)10-18-9-12-6-5-7-19(12)15(20)21-16(2,3)4/h8,12,18H,5-7,9-10H2,1-4H3. The molecule has 22 heavy (non-hydrogen) atoms. The number of nitrogens with one attached hydrogen (secondary N) is 1. The van der Waals surface area contributed by atoms with Gasteiger partial charge in [-0.1, -0.05) is 0 Å². The monoisotopic (exact) mass is 388 g/mol. The van der Waals surface area contributed by atoms with Crippen LogP contribution in [0.5, 0.6) is 0 Å². The van der Waals surface area contributed by atoms with Crippen LogP contribution in [0.4, 0.5) is 4.79 Å². The molecule has 2 heterocycles. The smallest absolute Gasteiger partial charge is 0.410 e. The number of aryl methyl sites for hydroxylation is 1. The Balaban J connectivity index is 1.82. The van der Waals surface area contributed by atoms with Crippen molar-refractivity contribution in [2.75, 3.05) is 13.1 Å². The van der Waals surface area contributed by atoms with Crippen molar-refractivity contribution in [3.63, 3.8) is 0 Å². The van der Waals surface area contributed by atoms with E-state index in [1.807, 2.05) is 25.7 Å².